The summed E-state index contributed by atoms with van der Waals surface area (Å²) < 4.78 is 0. The number of hydrogen-bond donors (Lipinski definition) is 3. The van der Waals surface area contributed by atoms with Gasteiger partial charge in [-0.15, -0.1) is 0 Å². The first-order valence-electron chi connectivity index (χ1n) is 8.07. The minimum Gasteiger partial charge on any atom is -0.478 e. The van der Waals surface area contributed by atoms with Crippen molar-refractivity contribution >= 4 is 28.6 Å². The minimum atomic E-state index is -1.01. The van der Waals surface area contributed by atoms with E-state index in [1.807, 2.05) is 37.2 Å². The fraction of sp³-hybridized carbons (Fsp3) is 0.222. The highest BCUT2D eigenvalue weighted by atomic mass is 16.4. The Balaban J connectivity index is 1.94. The Bertz CT molecular complexity index is 930. The first-order chi connectivity index (χ1) is 12.5. The van der Waals surface area contributed by atoms with E-state index in [-0.39, 0.29) is 17.6 Å². The number of carbonyl (C=O) groups is 1. The van der Waals surface area contributed by atoms with Crippen LogP contribution in [0, 0.1) is 0 Å². The zero-order valence-electron chi connectivity index (χ0n) is 14.5. The van der Waals surface area contributed by atoms with Gasteiger partial charge in [0.25, 0.3) is 0 Å². The number of aromatic carboxylic acids is 1. The molecule has 0 fully saturated rings. The van der Waals surface area contributed by atoms with E-state index >= 15 is 0 Å². The Kier molecular flexibility index (Phi) is 4.94. The van der Waals surface area contributed by atoms with Crippen LogP contribution in [0.3, 0.4) is 0 Å². The Labute approximate surface area is 150 Å². The lowest BCUT2D eigenvalue weighted by molar-refractivity contribution is 0.0697. The van der Waals surface area contributed by atoms with Crippen LogP contribution in [0.4, 0.5) is 11.8 Å². The first kappa shape index (κ1) is 17.6. The molecular formula is C18H20N6O2. The average molecular weight is 352 g/mol. The molecule has 4 N–H and O–H groups in total. The average Bonchev–Trinajstić information content (AvgIpc) is 2.61. The zero-order chi connectivity index (χ0) is 18.7. The van der Waals surface area contributed by atoms with Crippen LogP contribution in [0.2, 0.25) is 0 Å². The Morgan fingerprint density at radius 1 is 1.27 bits per heavy atom. The monoisotopic (exact) mass is 352 g/mol. The number of aromatic nitrogens is 3. The number of nitrogens with zero attached hydrogens (tertiary/aromatic N) is 4. The summed E-state index contributed by atoms with van der Waals surface area (Å²) in [4.78, 5) is 26.1. The van der Waals surface area contributed by atoms with Crippen LogP contribution in [0.25, 0.3) is 10.9 Å². The Morgan fingerprint density at radius 2 is 2.08 bits per heavy atom. The maximum atomic E-state index is 11.3. The predicted molar refractivity (Wildman–Crippen MR) is 100 cm³/mol. The molecule has 2 heterocycles. The second-order valence-corrected chi connectivity index (χ2v) is 6.08. The van der Waals surface area contributed by atoms with Crippen LogP contribution in [-0.2, 0) is 0 Å². The van der Waals surface area contributed by atoms with Crippen molar-refractivity contribution in [3.63, 3.8) is 0 Å². The van der Waals surface area contributed by atoms with E-state index in [2.05, 4.69) is 20.3 Å². The number of hydrogen-bond acceptors (Lipinski definition) is 7. The number of pyridine rings is 1. The van der Waals surface area contributed by atoms with Gasteiger partial charge in [-0.25, -0.2) is 9.78 Å². The summed E-state index contributed by atoms with van der Waals surface area (Å²) in [6.45, 7) is 0.521. The number of nitrogen functional groups attached to an aromatic ring is 1. The van der Waals surface area contributed by atoms with Crippen LogP contribution >= 0.6 is 0 Å². The van der Waals surface area contributed by atoms with Crippen molar-refractivity contribution in [2.45, 2.75) is 6.04 Å². The topological polar surface area (TPSA) is 117 Å². The van der Waals surface area contributed by atoms with Crippen LogP contribution in [0.1, 0.15) is 22.1 Å². The molecule has 1 aromatic carbocycles. The number of carboxylic acids is 1. The highest BCUT2D eigenvalue weighted by molar-refractivity contribution is 5.97. The molecule has 0 aliphatic heterocycles. The molecule has 2 aromatic heterocycles. The van der Waals surface area contributed by atoms with Gasteiger partial charge in [-0.3, -0.25) is 9.88 Å². The largest absolute Gasteiger partial charge is 0.478 e. The van der Waals surface area contributed by atoms with Gasteiger partial charge in [-0.05, 0) is 44.4 Å². The normalized spacial score (nSPS) is 12.3. The van der Waals surface area contributed by atoms with Crippen molar-refractivity contribution in [2.24, 2.45) is 0 Å². The van der Waals surface area contributed by atoms with E-state index in [0.29, 0.717) is 23.3 Å². The summed E-state index contributed by atoms with van der Waals surface area (Å²) in [5.74, 6) is -0.380. The van der Waals surface area contributed by atoms with Crippen molar-refractivity contribution in [2.75, 3.05) is 31.7 Å². The minimum absolute atomic E-state index is 0.00472. The lowest BCUT2D eigenvalue weighted by Gasteiger charge is -2.24. The lowest BCUT2D eigenvalue weighted by Crippen LogP contribution is -2.28. The molecule has 1 atom stereocenters. The number of nitrogens with two attached hydrogens (primary N) is 1. The summed E-state index contributed by atoms with van der Waals surface area (Å²) in [6, 6.07) is 10.4. The molecule has 134 valence electrons. The number of likely N-dealkylation sites (N-methyl/N-ethyl adjacent to an activating group) is 1. The zero-order valence-corrected chi connectivity index (χ0v) is 14.5. The van der Waals surface area contributed by atoms with Crippen LogP contribution < -0.4 is 11.1 Å². The van der Waals surface area contributed by atoms with Crippen LogP contribution in [0.5, 0.6) is 0 Å². The van der Waals surface area contributed by atoms with E-state index in [0.717, 1.165) is 5.69 Å². The van der Waals surface area contributed by atoms with Gasteiger partial charge < -0.3 is 16.2 Å². The molecule has 3 rings (SSSR count). The third-order valence-electron chi connectivity index (χ3n) is 4.08. The number of fused-ring (bicyclic) bond motifs is 1. The second kappa shape index (κ2) is 7.32. The molecule has 0 spiro atoms. The lowest BCUT2D eigenvalue weighted by atomic mass is 10.1. The Morgan fingerprint density at radius 3 is 2.73 bits per heavy atom. The summed E-state index contributed by atoms with van der Waals surface area (Å²) in [6.07, 6.45) is 1.75. The van der Waals surface area contributed by atoms with Crippen LogP contribution in [0.15, 0.2) is 42.6 Å². The maximum absolute atomic E-state index is 11.3. The fourth-order valence-electron chi connectivity index (χ4n) is 2.73. The molecule has 0 aliphatic rings. The molecule has 0 saturated heterocycles. The maximum Gasteiger partial charge on any atom is 0.335 e. The molecule has 0 radical (unpaired) electrons. The molecule has 8 nitrogen and oxygen atoms in total. The van der Waals surface area contributed by atoms with E-state index in [9.17, 15) is 9.90 Å². The number of nitrogens with one attached hydrogen (secondary N) is 1. The molecule has 3 aromatic rings. The first-order valence-corrected chi connectivity index (χ1v) is 8.07. The standard InChI is InChI=1S/C18H20N6O2/c1-24(2)15(14-5-3-4-8-20-14)10-21-16-12-9-11(17(25)26)6-7-13(12)22-18(19)23-16/h3-9,15H,10H2,1-2H3,(H,25,26)(H3,19,21,22,23). The molecular weight excluding hydrogens is 332 g/mol. The van der Waals surface area contributed by atoms with Gasteiger partial charge in [-0.2, -0.15) is 4.98 Å². The fourth-order valence-corrected chi connectivity index (χ4v) is 2.73. The number of anilines is 2. The van der Waals surface area contributed by atoms with Crippen molar-refractivity contribution in [3.05, 3.63) is 53.9 Å². The van der Waals surface area contributed by atoms with E-state index < -0.39 is 5.97 Å². The number of carboxylic acid groups (broad SMARTS) is 1. The van der Waals surface area contributed by atoms with Crippen molar-refractivity contribution in [3.8, 4) is 0 Å². The van der Waals surface area contributed by atoms with E-state index in [4.69, 9.17) is 5.73 Å². The molecule has 1 unspecified atom stereocenters. The van der Waals surface area contributed by atoms with Crippen LogP contribution in [-0.4, -0.2) is 51.6 Å². The third kappa shape index (κ3) is 3.70. The third-order valence-corrected chi connectivity index (χ3v) is 4.08. The summed E-state index contributed by atoms with van der Waals surface area (Å²) in [7, 11) is 3.94. The van der Waals surface area contributed by atoms with Crippen molar-refractivity contribution < 1.29 is 9.90 Å². The predicted octanol–water partition coefficient (Wildman–Crippen LogP) is 2.02. The summed E-state index contributed by atoms with van der Waals surface area (Å²) in [5.41, 5.74) is 7.47. The van der Waals surface area contributed by atoms with Gasteiger partial charge >= 0.3 is 5.97 Å². The molecule has 0 saturated carbocycles. The number of benzene rings is 1. The van der Waals surface area contributed by atoms with Gasteiger partial charge in [0.15, 0.2) is 0 Å². The van der Waals surface area contributed by atoms with E-state index in [1.54, 1.807) is 18.3 Å². The highest BCUT2D eigenvalue weighted by Crippen LogP contribution is 2.24. The smallest absolute Gasteiger partial charge is 0.335 e. The molecule has 8 heteroatoms. The van der Waals surface area contributed by atoms with Gasteiger partial charge in [0, 0.05) is 18.1 Å². The van der Waals surface area contributed by atoms with Crippen molar-refractivity contribution in [1.29, 1.82) is 0 Å². The van der Waals surface area contributed by atoms with Gasteiger partial charge in [-0.1, -0.05) is 6.07 Å². The molecule has 0 aliphatic carbocycles. The summed E-state index contributed by atoms with van der Waals surface area (Å²) >= 11 is 0. The number of rotatable bonds is 6. The van der Waals surface area contributed by atoms with Gasteiger partial charge in [0.05, 0.1) is 22.8 Å². The van der Waals surface area contributed by atoms with Gasteiger partial charge in [0.2, 0.25) is 5.95 Å². The molecule has 26 heavy (non-hydrogen) atoms. The second-order valence-electron chi connectivity index (χ2n) is 6.08. The molecule has 0 bridgehead atoms. The molecule has 0 amide bonds. The van der Waals surface area contributed by atoms with Crippen molar-refractivity contribution in [1.82, 2.24) is 19.9 Å². The van der Waals surface area contributed by atoms with E-state index in [1.165, 1.54) is 6.07 Å². The van der Waals surface area contributed by atoms with Gasteiger partial charge in [0.1, 0.15) is 5.82 Å². The SMILES string of the molecule is CN(C)C(CNc1nc(N)nc2ccc(C(=O)O)cc12)c1ccccn1. The summed E-state index contributed by atoms with van der Waals surface area (Å²) in [5, 5.41) is 13.1. The highest BCUT2D eigenvalue weighted by Gasteiger charge is 2.17. The quantitative estimate of drug-likeness (QED) is 0.617. The Hall–Kier alpha value is -3.26.